The fourth-order valence-corrected chi connectivity index (χ4v) is 2.52. The fraction of sp³-hybridized carbons (Fsp3) is 0.158. The van der Waals surface area contributed by atoms with Crippen LogP contribution in [0.2, 0.25) is 0 Å². The molecule has 8 heteroatoms. The van der Waals surface area contributed by atoms with Crippen molar-refractivity contribution >= 4 is 5.97 Å². The van der Waals surface area contributed by atoms with Gasteiger partial charge in [-0.2, -0.15) is 10.5 Å². The van der Waals surface area contributed by atoms with Crippen LogP contribution < -0.4 is 0 Å². The molecule has 0 radical (unpaired) electrons. The fourth-order valence-electron chi connectivity index (χ4n) is 2.52. The Bertz CT molecular complexity index is 996. The summed E-state index contributed by atoms with van der Waals surface area (Å²) in [7, 11) is 0. The Morgan fingerprint density at radius 2 is 1.70 bits per heavy atom. The van der Waals surface area contributed by atoms with E-state index >= 15 is 0 Å². The molecule has 27 heavy (non-hydrogen) atoms. The third-order valence-electron chi connectivity index (χ3n) is 4.04. The van der Waals surface area contributed by atoms with Gasteiger partial charge in [0, 0.05) is 32.2 Å². The molecule has 0 aliphatic rings. The summed E-state index contributed by atoms with van der Waals surface area (Å²) in [5.74, 6) is -3.48. The molecule has 0 bridgehead atoms. The summed E-state index contributed by atoms with van der Waals surface area (Å²) in [6.45, 7) is 3.64. The molecule has 3 heterocycles. The van der Waals surface area contributed by atoms with Crippen molar-refractivity contribution in [2.75, 3.05) is 0 Å². The van der Waals surface area contributed by atoms with Crippen LogP contribution in [0.25, 0.3) is 11.3 Å². The summed E-state index contributed by atoms with van der Waals surface area (Å²) in [6.07, 6.45) is 1.05. The minimum absolute atomic E-state index is 0. The van der Waals surface area contributed by atoms with Gasteiger partial charge < -0.3 is 10.1 Å². The zero-order valence-electron chi connectivity index (χ0n) is 14.3. The number of halogens is 2. The van der Waals surface area contributed by atoms with Crippen LogP contribution in [-0.2, 0) is 26.5 Å². The summed E-state index contributed by atoms with van der Waals surface area (Å²) >= 11 is 0. The van der Waals surface area contributed by atoms with Gasteiger partial charge in [-0.25, -0.2) is 9.78 Å². The minimum atomic E-state index is -1.22. The first kappa shape index (κ1) is 20.8. The Kier molecular flexibility index (Phi) is 6.16. The van der Waals surface area contributed by atoms with Crippen molar-refractivity contribution < 1.29 is 39.7 Å². The summed E-state index contributed by atoms with van der Waals surface area (Å²) in [6, 6.07) is 12.2. The average molecular weight is 549 g/mol. The number of nitrogens with zero attached hydrogens (tertiary/aromatic N) is 3. The molecule has 0 atom stereocenters. The molecule has 142 valence electrons. The van der Waals surface area contributed by atoms with E-state index in [0.29, 0.717) is 11.4 Å². The molecule has 3 rings (SSSR count). The second-order valence-electron chi connectivity index (χ2n) is 6.13. The molecule has 0 fully saturated rings. The third kappa shape index (κ3) is 4.08. The Labute approximate surface area is 168 Å². The molecular weight excluding hydrogens is 535 g/mol. The smallest absolute Gasteiger partial charge is 0.354 e. The van der Waals surface area contributed by atoms with E-state index in [0.717, 1.165) is 6.20 Å². The van der Waals surface area contributed by atoms with Gasteiger partial charge in [-0.1, -0.05) is 18.2 Å². The molecular formula is C19H14F2N3O2Pt-. The van der Waals surface area contributed by atoms with E-state index in [9.17, 15) is 13.6 Å². The van der Waals surface area contributed by atoms with E-state index in [1.807, 2.05) is 13.8 Å². The Hall–Kier alpha value is -2.53. The SMILES string of the molecule is CC(C)(c1cccc(C(=O)O)n1)c1cccc(-c2[c-]cnc(F)c2F)n1.[Pt]. The number of carbonyl (C=O) groups is 1. The van der Waals surface area contributed by atoms with E-state index in [-0.39, 0.29) is 38.0 Å². The number of hydrogen-bond acceptors (Lipinski definition) is 4. The van der Waals surface area contributed by atoms with Gasteiger partial charge in [-0.05, 0) is 43.9 Å². The summed E-state index contributed by atoms with van der Waals surface area (Å²) in [5, 5.41) is 9.13. The van der Waals surface area contributed by atoms with Gasteiger partial charge in [-0.3, -0.25) is 9.37 Å². The van der Waals surface area contributed by atoms with Crippen LogP contribution in [0.1, 0.15) is 35.7 Å². The first-order chi connectivity index (χ1) is 12.3. The van der Waals surface area contributed by atoms with E-state index in [1.54, 1.807) is 24.3 Å². The number of hydrogen-bond donors (Lipinski definition) is 1. The number of pyridine rings is 3. The van der Waals surface area contributed by atoms with Crippen molar-refractivity contribution in [2.24, 2.45) is 0 Å². The van der Waals surface area contributed by atoms with Crippen molar-refractivity contribution in [3.8, 4) is 11.3 Å². The van der Waals surface area contributed by atoms with Crippen molar-refractivity contribution in [2.45, 2.75) is 19.3 Å². The largest absolute Gasteiger partial charge is 0.477 e. The molecule has 0 unspecified atom stereocenters. The van der Waals surface area contributed by atoms with Gasteiger partial charge in [0.1, 0.15) is 5.69 Å². The van der Waals surface area contributed by atoms with Crippen LogP contribution >= 0.6 is 0 Å². The molecule has 0 aliphatic heterocycles. The predicted molar refractivity (Wildman–Crippen MR) is 89.5 cm³/mol. The molecule has 0 spiro atoms. The molecule has 5 nitrogen and oxygen atoms in total. The van der Waals surface area contributed by atoms with Gasteiger partial charge in [0.2, 0.25) is 0 Å². The number of carboxylic acids is 1. The molecule has 1 N–H and O–H groups in total. The minimum Gasteiger partial charge on any atom is -0.477 e. The van der Waals surface area contributed by atoms with Crippen molar-refractivity contribution in [3.63, 3.8) is 0 Å². The maximum atomic E-state index is 14.0. The Morgan fingerprint density at radius 1 is 1.07 bits per heavy atom. The van der Waals surface area contributed by atoms with Crippen LogP contribution in [0.3, 0.4) is 0 Å². The van der Waals surface area contributed by atoms with Crippen LogP contribution in [-0.4, -0.2) is 26.0 Å². The molecule has 0 amide bonds. The number of rotatable bonds is 4. The first-order valence-corrected chi connectivity index (χ1v) is 7.71. The van der Waals surface area contributed by atoms with Gasteiger partial charge in [0.15, 0.2) is 5.95 Å². The topological polar surface area (TPSA) is 76.0 Å². The second-order valence-corrected chi connectivity index (χ2v) is 6.13. The second kappa shape index (κ2) is 8.01. The van der Waals surface area contributed by atoms with Crippen molar-refractivity contribution in [3.05, 3.63) is 77.5 Å². The van der Waals surface area contributed by atoms with Crippen LogP contribution in [0.15, 0.2) is 42.6 Å². The van der Waals surface area contributed by atoms with Gasteiger partial charge in [0.25, 0.3) is 0 Å². The number of aromatic carboxylic acids is 1. The van der Waals surface area contributed by atoms with Crippen LogP contribution in [0.5, 0.6) is 0 Å². The molecule has 3 aromatic rings. The Balaban J connectivity index is 0.00000261. The van der Waals surface area contributed by atoms with E-state index < -0.39 is 23.1 Å². The van der Waals surface area contributed by atoms with Gasteiger partial charge in [0.05, 0.1) is 11.5 Å². The van der Waals surface area contributed by atoms with Crippen LogP contribution in [0, 0.1) is 17.8 Å². The quantitative estimate of drug-likeness (QED) is 0.398. The van der Waals surface area contributed by atoms with E-state index in [4.69, 9.17) is 5.11 Å². The van der Waals surface area contributed by atoms with Crippen molar-refractivity contribution in [1.29, 1.82) is 0 Å². The molecule has 0 aromatic carbocycles. The van der Waals surface area contributed by atoms with Gasteiger partial charge >= 0.3 is 5.97 Å². The monoisotopic (exact) mass is 549 g/mol. The first-order valence-electron chi connectivity index (χ1n) is 7.71. The molecule has 3 aromatic heterocycles. The number of carboxylic acid groups (broad SMARTS) is 1. The molecule has 0 saturated heterocycles. The van der Waals surface area contributed by atoms with Crippen molar-refractivity contribution in [1.82, 2.24) is 15.0 Å². The molecule has 0 saturated carbocycles. The summed E-state index contributed by atoms with van der Waals surface area (Å²) in [4.78, 5) is 23.0. The molecule has 0 aliphatic carbocycles. The Morgan fingerprint density at radius 3 is 2.37 bits per heavy atom. The standard InChI is InChI=1S/C19H14F2N3O2.Pt/c1-19(2,15-8-4-6-13(24-15)18(25)26)14-7-3-5-12(23-14)11-9-10-22-17(21)16(11)20;/h3-8,10H,1-2H3,(H,25,26);/q-1;. The third-order valence-corrected chi connectivity index (χ3v) is 4.04. The average Bonchev–Trinajstić information content (AvgIpc) is 2.64. The van der Waals surface area contributed by atoms with E-state index in [2.05, 4.69) is 21.0 Å². The maximum absolute atomic E-state index is 14.0. The number of aromatic nitrogens is 3. The van der Waals surface area contributed by atoms with Gasteiger partial charge in [-0.15, -0.1) is 5.56 Å². The summed E-state index contributed by atoms with van der Waals surface area (Å²) in [5.41, 5.74) is 0.250. The zero-order chi connectivity index (χ0) is 18.9. The van der Waals surface area contributed by atoms with E-state index in [1.165, 1.54) is 12.1 Å². The summed E-state index contributed by atoms with van der Waals surface area (Å²) < 4.78 is 27.4. The normalized spacial score (nSPS) is 11.0. The van der Waals surface area contributed by atoms with Crippen LogP contribution in [0.4, 0.5) is 8.78 Å². The zero-order valence-corrected chi connectivity index (χ0v) is 16.6. The maximum Gasteiger partial charge on any atom is 0.354 e. The predicted octanol–water partition coefficient (Wildman–Crippen LogP) is 3.64.